The van der Waals surface area contributed by atoms with Crippen molar-refractivity contribution in [3.63, 3.8) is 0 Å². The topological polar surface area (TPSA) is 70.2 Å². The highest BCUT2D eigenvalue weighted by Crippen LogP contribution is 2.20. The van der Waals surface area contributed by atoms with Gasteiger partial charge < -0.3 is 4.90 Å². The standard InChI is InChI=1S/C14H21N5O2/c1-9-8-16-12-10(11(9)15-6-7-17(2)3)13(20)19(5)14(21)18(12)4/h8,10H,6-7H2,1-5H3/p+1. The number of nitrogens with one attached hydrogen (secondary N) is 1. The van der Waals surface area contributed by atoms with Crippen molar-refractivity contribution in [3.05, 3.63) is 11.8 Å². The first-order chi connectivity index (χ1) is 9.84. The summed E-state index contributed by atoms with van der Waals surface area (Å²) in [5, 5.41) is 0. The Bertz CT molecular complexity index is 562. The summed E-state index contributed by atoms with van der Waals surface area (Å²) in [7, 11) is 7.12. The number of allylic oxidation sites excluding steroid dienone is 1. The maximum Gasteiger partial charge on any atom is 0.417 e. The zero-order valence-corrected chi connectivity index (χ0v) is 13.2. The normalized spacial score (nSPS) is 24.5. The van der Waals surface area contributed by atoms with Gasteiger partial charge in [0.1, 0.15) is 0 Å². The van der Waals surface area contributed by atoms with Gasteiger partial charge in [-0.3, -0.25) is 9.79 Å². The monoisotopic (exact) mass is 292 g/mol. The number of imide groups is 1. The van der Waals surface area contributed by atoms with Crippen LogP contribution in [-0.4, -0.2) is 79.5 Å². The van der Waals surface area contributed by atoms with Gasteiger partial charge in [0.25, 0.3) is 11.7 Å². The molecule has 7 nitrogen and oxygen atoms in total. The number of rotatable bonds is 3. The van der Waals surface area contributed by atoms with Crippen LogP contribution in [0.1, 0.15) is 6.92 Å². The molecule has 0 aromatic rings. The summed E-state index contributed by atoms with van der Waals surface area (Å²) in [6.07, 6.45) is 1.79. The van der Waals surface area contributed by atoms with Gasteiger partial charge in [0.2, 0.25) is 0 Å². The first-order valence-corrected chi connectivity index (χ1v) is 6.89. The lowest BCUT2D eigenvalue weighted by Crippen LogP contribution is -2.80. The Kier molecular flexibility index (Phi) is 4.22. The molecule has 0 bridgehead atoms. The lowest BCUT2D eigenvalue weighted by molar-refractivity contribution is -0.383. The smallest absolute Gasteiger partial charge is 0.308 e. The predicted octanol–water partition coefficient (Wildman–Crippen LogP) is -1.47. The summed E-state index contributed by atoms with van der Waals surface area (Å²) in [4.78, 5) is 36.8. The van der Waals surface area contributed by atoms with Crippen molar-refractivity contribution in [1.82, 2.24) is 14.7 Å². The first kappa shape index (κ1) is 15.4. The van der Waals surface area contributed by atoms with Crippen LogP contribution in [0.15, 0.2) is 16.8 Å². The summed E-state index contributed by atoms with van der Waals surface area (Å²) >= 11 is 0. The zero-order valence-electron chi connectivity index (χ0n) is 13.2. The van der Waals surface area contributed by atoms with Crippen molar-refractivity contribution < 1.29 is 14.6 Å². The molecular formula is C14H22N5O2+. The van der Waals surface area contributed by atoms with E-state index in [0.717, 1.165) is 22.7 Å². The highest BCUT2D eigenvalue weighted by atomic mass is 16.2. The number of carbonyl (C=O) groups is 2. The Hall–Kier alpha value is -2.02. The SMILES string of the molecule is CC1=C[NH+]=C2C(C(=O)N(C)C(=O)N2C)C1=NCCN(C)C. The molecule has 0 aromatic heterocycles. The molecule has 7 heteroatoms. The number of likely N-dealkylation sites (N-methyl/N-ethyl adjacent to an activating group) is 1. The highest BCUT2D eigenvalue weighted by molar-refractivity contribution is 6.31. The van der Waals surface area contributed by atoms with Crippen LogP contribution < -0.4 is 4.99 Å². The molecule has 114 valence electrons. The third kappa shape index (κ3) is 2.73. The molecule has 0 radical (unpaired) electrons. The van der Waals surface area contributed by atoms with E-state index >= 15 is 0 Å². The average molecular weight is 292 g/mol. The van der Waals surface area contributed by atoms with Crippen molar-refractivity contribution in [3.8, 4) is 0 Å². The van der Waals surface area contributed by atoms with Crippen LogP contribution in [0.3, 0.4) is 0 Å². The molecule has 0 saturated carbocycles. The number of fused-ring (bicyclic) bond motifs is 1. The van der Waals surface area contributed by atoms with Gasteiger partial charge >= 0.3 is 6.03 Å². The summed E-state index contributed by atoms with van der Waals surface area (Å²) < 4.78 is 0. The number of urea groups is 1. The van der Waals surface area contributed by atoms with Gasteiger partial charge in [0.15, 0.2) is 5.92 Å². The van der Waals surface area contributed by atoms with Gasteiger partial charge in [-0.15, -0.1) is 0 Å². The molecule has 0 spiro atoms. The molecule has 1 N–H and O–H groups in total. The number of hydrogen-bond acceptors (Lipinski definition) is 4. The molecule has 0 aliphatic carbocycles. The van der Waals surface area contributed by atoms with E-state index in [0.29, 0.717) is 12.4 Å². The third-order valence-corrected chi connectivity index (χ3v) is 3.73. The minimum Gasteiger partial charge on any atom is -0.308 e. The Morgan fingerprint density at radius 1 is 1.29 bits per heavy atom. The molecule has 2 rings (SSSR count). The Morgan fingerprint density at radius 3 is 2.57 bits per heavy atom. The van der Waals surface area contributed by atoms with E-state index in [1.807, 2.05) is 25.9 Å². The zero-order chi connectivity index (χ0) is 15.7. The molecule has 2 aliphatic rings. The quantitative estimate of drug-likeness (QED) is 0.690. The van der Waals surface area contributed by atoms with E-state index in [9.17, 15) is 9.59 Å². The van der Waals surface area contributed by atoms with Crippen LogP contribution in [-0.2, 0) is 4.79 Å². The highest BCUT2D eigenvalue weighted by Gasteiger charge is 2.50. The Balaban J connectivity index is 2.36. The van der Waals surface area contributed by atoms with Gasteiger partial charge in [-0.25, -0.2) is 14.7 Å². The van der Waals surface area contributed by atoms with E-state index in [-0.39, 0.29) is 11.9 Å². The van der Waals surface area contributed by atoms with Gasteiger partial charge in [0, 0.05) is 19.2 Å². The number of hydrogen-bond donors (Lipinski definition) is 1. The van der Waals surface area contributed by atoms with Crippen molar-refractivity contribution in [1.29, 1.82) is 0 Å². The van der Waals surface area contributed by atoms with Crippen molar-refractivity contribution in [2.24, 2.45) is 10.9 Å². The molecule has 1 fully saturated rings. The lowest BCUT2D eigenvalue weighted by atomic mass is 9.91. The summed E-state index contributed by atoms with van der Waals surface area (Å²) in [6, 6.07) is -0.334. The number of amides is 3. The second-order valence-corrected chi connectivity index (χ2v) is 5.60. The van der Waals surface area contributed by atoms with E-state index in [1.165, 1.54) is 11.9 Å². The second kappa shape index (κ2) is 5.77. The second-order valence-electron chi connectivity index (χ2n) is 5.60. The molecule has 1 saturated heterocycles. The van der Waals surface area contributed by atoms with E-state index in [2.05, 4.69) is 9.98 Å². The summed E-state index contributed by atoms with van der Waals surface area (Å²) in [5.74, 6) is -0.182. The molecular weight excluding hydrogens is 270 g/mol. The lowest BCUT2D eigenvalue weighted by Gasteiger charge is -2.32. The fourth-order valence-corrected chi connectivity index (χ4v) is 2.42. The minimum absolute atomic E-state index is 0.239. The third-order valence-electron chi connectivity index (χ3n) is 3.73. The largest absolute Gasteiger partial charge is 0.417 e. The van der Waals surface area contributed by atoms with Gasteiger partial charge in [-0.2, -0.15) is 4.90 Å². The van der Waals surface area contributed by atoms with Crippen LogP contribution in [0.5, 0.6) is 0 Å². The molecule has 2 heterocycles. The van der Waals surface area contributed by atoms with Crippen molar-refractivity contribution >= 4 is 23.5 Å². The molecule has 0 aromatic carbocycles. The fourth-order valence-electron chi connectivity index (χ4n) is 2.42. The van der Waals surface area contributed by atoms with Crippen LogP contribution in [0.25, 0.3) is 0 Å². The number of nitrogens with zero attached hydrogens (tertiary/aromatic N) is 4. The maximum atomic E-state index is 12.5. The Labute approximate surface area is 124 Å². The van der Waals surface area contributed by atoms with Gasteiger partial charge in [-0.05, 0) is 21.0 Å². The molecule has 1 unspecified atom stereocenters. The van der Waals surface area contributed by atoms with Crippen LogP contribution in [0.2, 0.25) is 0 Å². The average Bonchev–Trinajstić information content (AvgIpc) is 2.44. The minimum atomic E-state index is -0.523. The molecule has 3 amide bonds. The van der Waals surface area contributed by atoms with E-state index in [1.54, 1.807) is 13.2 Å². The molecule has 1 atom stereocenters. The van der Waals surface area contributed by atoms with Crippen LogP contribution >= 0.6 is 0 Å². The molecule has 2 aliphatic heterocycles. The first-order valence-electron chi connectivity index (χ1n) is 6.89. The van der Waals surface area contributed by atoms with E-state index < -0.39 is 5.92 Å². The van der Waals surface area contributed by atoms with Crippen molar-refractivity contribution in [2.75, 3.05) is 41.3 Å². The number of amidine groups is 1. The van der Waals surface area contributed by atoms with Gasteiger partial charge in [-0.1, -0.05) is 0 Å². The fraction of sp³-hybridized carbons (Fsp3) is 0.571. The maximum absolute atomic E-state index is 12.5. The van der Waals surface area contributed by atoms with Crippen LogP contribution in [0.4, 0.5) is 4.79 Å². The van der Waals surface area contributed by atoms with E-state index in [4.69, 9.17) is 0 Å². The number of aliphatic imine (C=N–C) groups is 1. The van der Waals surface area contributed by atoms with Crippen LogP contribution in [0, 0.1) is 5.92 Å². The summed E-state index contributed by atoms with van der Waals surface area (Å²) in [6.45, 7) is 3.35. The van der Waals surface area contributed by atoms with Gasteiger partial charge in [0.05, 0.1) is 25.5 Å². The Morgan fingerprint density at radius 2 is 1.95 bits per heavy atom. The van der Waals surface area contributed by atoms with Crippen molar-refractivity contribution in [2.45, 2.75) is 6.92 Å². The molecule has 21 heavy (non-hydrogen) atoms. The summed E-state index contributed by atoms with van der Waals surface area (Å²) in [5.41, 5.74) is 1.66. The number of carbonyl (C=O) groups excluding carboxylic acids is 2. The predicted molar refractivity (Wildman–Crippen MR) is 80.0 cm³/mol.